The molecule has 1 aromatic heterocycles. The van der Waals surface area contributed by atoms with Crippen molar-refractivity contribution in [2.24, 2.45) is 5.92 Å². The molecule has 6 heteroatoms. The van der Waals surface area contributed by atoms with E-state index in [1.807, 2.05) is 6.92 Å². The van der Waals surface area contributed by atoms with Crippen molar-refractivity contribution in [1.29, 1.82) is 0 Å². The summed E-state index contributed by atoms with van der Waals surface area (Å²) in [5.41, 5.74) is 0.363. The Bertz CT molecular complexity index is 489. The predicted octanol–water partition coefficient (Wildman–Crippen LogP) is 2.14. The minimum atomic E-state index is -0.246. The lowest BCUT2D eigenvalue weighted by Gasteiger charge is -2.18. The van der Waals surface area contributed by atoms with Gasteiger partial charge in [-0.1, -0.05) is 18.5 Å². The van der Waals surface area contributed by atoms with Gasteiger partial charge in [-0.2, -0.15) is 5.10 Å². The zero-order chi connectivity index (χ0) is 13.8. The fourth-order valence-electron chi connectivity index (χ4n) is 2.43. The molecule has 0 spiro atoms. The molecule has 0 amide bonds. The third-order valence-corrected chi connectivity index (χ3v) is 3.95. The summed E-state index contributed by atoms with van der Waals surface area (Å²) < 4.78 is 6.99. The Labute approximate surface area is 117 Å². The third kappa shape index (κ3) is 3.09. The fourth-order valence-corrected chi connectivity index (χ4v) is 2.65. The van der Waals surface area contributed by atoms with E-state index >= 15 is 0 Å². The highest BCUT2D eigenvalue weighted by atomic mass is 35.5. The summed E-state index contributed by atoms with van der Waals surface area (Å²) in [6, 6.07) is 0. The Morgan fingerprint density at radius 2 is 2.37 bits per heavy atom. The lowest BCUT2D eigenvalue weighted by Crippen LogP contribution is -2.26. The van der Waals surface area contributed by atoms with E-state index in [4.69, 9.17) is 16.3 Å². The Hall–Kier alpha value is -1.07. The van der Waals surface area contributed by atoms with Crippen LogP contribution in [0.3, 0.4) is 0 Å². The molecular formula is C13H20ClN3O2. The summed E-state index contributed by atoms with van der Waals surface area (Å²) in [6.45, 7) is 6.08. The van der Waals surface area contributed by atoms with Gasteiger partial charge in [0.1, 0.15) is 5.02 Å². The second kappa shape index (κ2) is 6.39. The van der Waals surface area contributed by atoms with Crippen molar-refractivity contribution in [3.05, 3.63) is 21.6 Å². The van der Waals surface area contributed by atoms with E-state index in [1.54, 1.807) is 6.20 Å². The van der Waals surface area contributed by atoms with Gasteiger partial charge in [-0.05, 0) is 19.8 Å². The number of ether oxygens (including phenoxy) is 1. The first-order valence-corrected chi connectivity index (χ1v) is 7.16. The van der Waals surface area contributed by atoms with Crippen molar-refractivity contribution in [1.82, 2.24) is 9.78 Å². The number of aromatic nitrogens is 2. The van der Waals surface area contributed by atoms with Crippen LogP contribution in [0, 0.1) is 5.92 Å². The monoisotopic (exact) mass is 285 g/mol. The van der Waals surface area contributed by atoms with Gasteiger partial charge in [0.05, 0.1) is 18.0 Å². The van der Waals surface area contributed by atoms with Crippen LogP contribution in [0.15, 0.2) is 11.0 Å². The molecule has 5 nitrogen and oxygen atoms in total. The molecule has 1 aliphatic heterocycles. The van der Waals surface area contributed by atoms with Crippen molar-refractivity contribution in [2.45, 2.75) is 39.3 Å². The third-order valence-electron chi connectivity index (χ3n) is 3.59. The lowest BCUT2D eigenvalue weighted by molar-refractivity contribution is 0.0900. The molecule has 1 fully saturated rings. The minimum Gasteiger partial charge on any atom is -0.382 e. The van der Waals surface area contributed by atoms with Gasteiger partial charge in [-0.25, -0.2) is 4.68 Å². The summed E-state index contributed by atoms with van der Waals surface area (Å²) in [6.07, 6.45) is 3.97. The molecule has 0 aliphatic carbocycles. The molecule has 0 radical (unpaired) electrons. The largest absolute Gasteiger partial charge is 0.382 e. The molecule has 0 saturated carbocycles. The average Bonchev–Trinajstić information content (AvgIpc) is 2.88. The first kappa shape index (κ1) is 14.3. The molecule has 19 heavy (non-hydrogen) atoms. The van der Waals surface area contributed by atoms with Crippen LogP contribution in [-0.4, -0.2) is 29.0 Å². The SMILES string of the molecule is CCC1OCCC1CNc1cnn(CC)c(=O)c1Cl. The van der Waals surface area contributed by atoms with Gasteiger partial charge in [0.15, 0.2) is 0 Å². The molecule has 0 aromatic carbocycles. The molecule has 2 heterocycles. The molecule has 0 bridgehead atoms. The van der Waals surface area contributed by atoms with E-state index in [-0.39, 0.29) is 10.6 Å². The maximum Gasteiger partial charge on any atom is 0.287 e. The Morgan fingerprint density at radius 3 is 3.05 bits per heavy atom. The van der Waals surface area contributed by atoms with E-state index in [2.05, 4.69) is 17.3 Å². The number of hydrogen-bond donors (Lipinski definition) is 1. The summed E-state index contributed by atoms with van der Waals surface area (Å²) >= 11 is 6.07. The summed E-state index contributed by atoms with van der Waals surface area (Å²) in [7, 11) is 0. The van der Waals surface area contributed by atoms with Gasteiger partial charge in [0.25, 0.3) is 5.56 Å². The predicted molar refractivity (Wildman–Crippen MR) is 75.8 cm³/mol. The molecule has 2 atom stereocenters. The molecular weight excluding hydrogens is 266 g/mol. The van der Waals surface area contributed by atoms with E-state index in [0.29, 0.717) is 24.3 Å². The maximum atomic E-state index is 11.8. The zero-order valence-corrected chi connectivity index (χ0v) is 12.1. The molecule has 2 unspecified atom stereocenters. The van der Waals surface area contributed by atoms with Gasteiger partial charge in [-0.15, -0.1) is 0 Å². The van der Waals surface area contributed by atoms with Gasteiger partial charge < -0.3 is 10.1 Å². The van der Waals surface area contributed by atoms with Crippen molar-refractivity contribution in [3.8, 4) is 0 Å². The van der Waals surface area contributed by atoms with Crippen LogP contribution in [-0.2, 0) is 11.3 Å². The molecule has 106 valence electrons. The maximum absolute atomic E-state index is 11.8. The number of rotatable bonds is 5. The van der Waals surface area contributed by atoms with Crippen molar-refractivity contribution in [2.75, 3.05) is 18.5 Å². The normalized spacial score (nSPS) is 22.7. The van der Waals surface area contributed by atoms with Crippen LogP contribution in [0.25, 0.3) is 0 Å². The van der Waals surface area contributed by atoms with E-state index in [1.165, 1.54) is 4.68 Å². The highest BCUT2D eigenvalue weighted by molar-refractivity contribution is 6.32. The minimum absolute atomic E-state index is 0.212. The van der Waals surface area contributed by atoms with Crippen molar-refractivity contribution < 1.29 is 4.74 Å². The molecule has 1 saturated heterocycles. The number of aryl methyl sites for hydroxylation is 1. The fraction of sp³-hybridized carbons (Fsp3) is 0.692. The van der Waals surface area contributed by atoms with Gasteiger partial charge in [-0.3, -0.25) is 4.79 Å². The van der Waals surface area contributed by atoms with E-state index < -0.39 is 0 Å². The van der Waals surface area contributed by atoms with Gasteiger partial charge >= 0.3 is 0 Å². The smallest absolute Gasteiger partial charge is 0.287 e. The van der Waals surface area contributed by atoms with Crippen LogP contribution in [0.2, 0.25) is 5.02 Å². The highest BCUT2D eigenvalue weighted by Crippen LogP contribution is 2.24. The lowest BCUT2D eigenvalue weighted by atomic mass is 10.00. The van der Waals surface area contributed by atoms with Crippen LogP contribution in [0.5, 0.6) is 0 Å². The van der Waals surface area contributed by atoms with E-state index in [9.17, 15) is 4.79 Å². The second-order valence-electron chi connectivity index (χ2n) is 4.74. The van der Waals surface area contributed by atoms with Gasteiger partial charge in [0, 0.05) is 25.6 Å². The molecule has 1 aromatic rings. The van der Waals surface area contributed by atoms with Crippen molar-refractivity contribution in [3.63, 3.8) is 0 Å². The van der Waals surface area contributed by atoms with Crippen LogP contribution >= 0.6 is 11.6 Å². The molecule has 2 rings (SSSR count). The van der Waals surface area contributed by atoms with Crippen molar-refractivity contribution >= 4 is 17.3 Å². The van der Waals surface area contributed by atoms with Crippen LogP contribution in [0.4, 0.5) is 5.69 Å². The second-order valence-corrected chi connectivity index (χ2v) is 5.12. The highest BCUT2D eigenvalue weighted by Gasteiger charge is 2.26. The van der Waals surface area contributed by atoms with Crippen LogP contribution < -0.4 is 10.9 Å². The number of nitrogens with zero attached hydrogens (tertiary/aromatic N) is 2. The Kier molecular flexibility index (Phi) is 4.82. The van der Waals surface area contributed by atoms with E-state index in [0.717, 1.165) is 26.0 Å². The summed E-state index contributed by atoms with van der Waals surface area (Å²) in [4.78, 5) is 11.8. The number of nitrogens with one attached hydrogen (secondary N) is 1. The Morgan fingerprint density at radius 1 is 1.58 bits per heavy atom. The number of hydrogen-bond acceptors (Lipinski definition) is 4. The quantitative estimate of drug-likeness (QED) is 0.901. The molecule has 1 N–H and O–H groups in total. The average molecular weight is 286 g/mol. The summed E-state index contributed by atoms with van der Waals surface area (Å²) in [5, 5.41) is 7.50. The number of halogens is 1. The zero-order valence-electron chi connectivity index (χ0n) is 11.4. The van der Waals surface area contributed by atoms with Gasteiger partial charge in [0.2, 0.25) is 0 Å². The first-order chi connectivity index (χ1) is 9.17. The Balaban J connectivity index is 2.04. The first-order valence-electron chi connectivity index (χ1n) is 6.78. The molecule has 1 aliphatic rings. The summed E-state index contributed by atoms with van der Waals surface area (Å²) in [5.74, 6) is 0.467. The van der Waals surface area contributed by atoms with Crippen LogP contribution in [0.1, 0.15) is 26.7 Å². The number of anilines is 1. The standard InChI is InChI=1S/C13H20ClN3O2/c1-3-11-9(5-6-19-11)7-15-10-8-16-17(4-2)13(18)12(10)14/h8-9,11,15H,3-7H2,1-2H3. The topological polar surface area (TPSA) is 56.1 Å².